The summed E-state index contributed by atoms with van der Waals surface area (Å²) in [6, 6.07) is 16.7. The summed E-state index contributed by atoms with van der Waals surface area (Å²) in [6.45, 7) is 2.21. The Balaban J connectivity index is 1.92. The topological polar surface area (TPSA) is 53.2 Å². The Kier molecular flexibility index (Phi) is 10.2. The first kappa shape index (κ1) is 24.7. The van der Waals surface area contributed by atoms with Crippen LogP contribution < -0.4 is 16.0 Å². The second kappa shape index (κ2) is 12.4. The van der Waals surface area contributed by atoms with E-state index >= 15 is 0 Å². The predicted octanol–water partition coefficient (Wildman–Crippen LogP) is 6.22. The van der Waals surface area contributed by atoms with Crippen molar-refractivity contribution in [3.05, 3.63) is 65.7 Å². The van der Waals surface area contributed by atoms with Crippen LogP contribution in [0.4, 0.5) is 5.69 Å². The molecule has 0 saturated carbocycles. The Morgan fingerprint density at radius 2 is 1.63 bits per heavy atom. The minimum Gasteiger partial charge on any atom is -0.339 e. The number of hydrogen-bond donors (Lipinski definition) is 3. The fourth-order valence-electron chi connectivity index (χ4n) is 2.81. The summed E-state index contributed by atoms with van der Waals surface area (Å²) in [5, 5.41) is 8.81. The molecule has 0 heterocycles. The number of carbonyl (C=O) groups excluding carboxylic acids is 1. The molecular weight excluding hydrogens is 461 g/mol. The first-order valence-electron chi connectivity index (χ1n) is 9.88. The molecule has 2 aromatic rings. The lowest BCUT2D eigenvalue weighted by atomic mass is 10.1. The molecule has 0 aliphatic carbocycles. The van der Waals surface area contributed by atoms with Gasteiger partial charge in [0.15, 0.2) is 5.11 Å². The van der Waals surface area contributed by atoms with Crippen molar-refractivity contribution in [2.24, 2.45) is 0 Å². The van der Waals surface area contributed by atoms with Gasteiger partial charge in [0.1, 0.15) is 6.17 Å². The highest BCUT2D eigenvalue weighted by Crippen LogP contribution is 2.29. The van der Waals surface area contributed by atoms with Crippen molar-refractivity contribution in [2.75, 3.05) is 5.32 Å². The van der Waals surface area contributed by atoms with Crippen LogP contribution in [0, 0.1) is 0 Å². The van der Waals surface area contributed by atoms with E-state index in [4.69, 9.17) is 47.0 Å². The molecule has 0 unspecified atom stereocenters. The molecule has 0 aromatic heterocycles. The summed E-state index contributed by atoms with van der Waals surface area (Å²) in [5.74, 6) is -0.380. The van der Waals surface area contributed by atoms with Crippen molar-refractivity contribution in [3.63, 3.8) is 0 Å². The maximum absolute atomic E-state index is 12.4. The molecule has 1 atom stereocenters. The van der Waals surface area contributed by atoms with Gasteiger partial charge >= 0.3 is 0 Å². The highest BCUT2D eigenvalue weighted by Gasteiger charge is 2.34. The summed E-state index contributed by atoms with van der Waals surface area (Å²) in [5.41, 5.74) is 2.54. The number of benzene rings is 2. The summed E-state index contributed by atoms with van der Waals surface area (Å²) in [6.07, 6.45) is 4.97. The Morgan fingerprint density at radius 3 is 2.23 bits per heavy atom. The second-order valence-corrected chi connectivity index (χ2v) is 9.70. The van der Waals surface area contributed by atoms with Gasteiger partial charge in [0, 0.05) is 11.3 Å². The van der Waals surface area contributed by atoms with Crippen LogP contribution in [0.15, 0.2) is 54.6 Å². The number of thiocarbonyl (C=S) groups is 1. The van der Waals surface area contributed by atoms with E-state index in [2.05, 4.69) is 35.0 Å². The van der Waals surface area contributed by atoms with Crippen LogP contribution in [0.3, 0.4) is 0 Å². The Morgan fingerprint density at radius 1 is 0.967 bits per heavy atom. The fourth-order valence-corrected chi connectivity index (χ4v) is 3.38. The van der Waals surface area contributed by atoms with Crippen LogP contribution in [-0.2, 0) is 6.42 Å². The lowest BCUT2D eigenvalue weighted by molar-refractivity contribution is 0.0934. The van der Waals surface area contributed by atoms with Crippen LogP contribution >= 0.6 is 47.0 Å². The molecule has 2 aromatic carbocycles. The average Bonchev–Trinajstić information content (AvgIpc) is 2.72. The van der Waals surface area contributed by atoms with Gasteiger partial charge in [-0.05, 0) is 54.9 Å². The Labute approximate surface area is 198 Å². The molecule has 8 heteroatoms. The van der Waals surface area contributed by atoms with E-state index in [1.54, 1.807) is 24.3 Å². The SMILES string of the molecule is CCCCCCc1ccc(NC(=S)N[C@H](NC(=O)c2ccccc2)C(Cl)(Cl)Cl)cc1. The van der Waals surface area contributed by atoms with Crippen molar-refractivity contribution in [2.45, 2.75) is 49.0 Å². The molecule has 162 valence electrons. The molecule has 30 heavy (non-hydrogen) atoms. The molecule has 0 aliphatic rings. The molecular formula is C22H26Cl3N3OS. The van der Waals surface area contributed by atoms with Crippen molar-refractivity contribution in [1.29, 1.82) is 0 Å². The number of aryl methyl sites for hydroxylation is 1. The van der Waals surface area contributed by atoms with Crippen molar-refractivity contribution < 1.29 is 4.79 Å². The van der Waals surface area contributed by atoms with Crippen LogP contribution in [0.5, 0.6) is 0 Å². The van der Waals surface area contributed by atoms with Crippen molar-refractivity contribution >= 4 is 63.7 Å². The number of alkyl halides is 3. The number of halogens is 3. The third-order valence-corrected chi connectivity index (χ3v) is 5.32. The van der Waals surface area contributed by atoms with E-state index in [0.717, 1.165) is 12.1 Å². The van der Waals surface area contributed by atoms with Gasteiger partial charge in [0.05, 0.1) is 0 Å². The first-order valence-corrected chi connectivity index (χ1v) is 11.4. The summed E-state index contributed by atoms with van der Waals surface area (Å²) < 4.78 is -1.81. The smallest absolute Gasteiger partial charge is 0.252 e. The third kappa shape index (κ3) is 8.68. The minimum absolute atomic E-state index is 0.232. The van der Waals surface area contributed by atoms with E-state index in [1.807, 2.05) is 18.2 Å². The van der Waals surface area contributed by atoms with Crippen LogP contribution in [0.1, 0.15) is 48.5 Å². The highest BCUT2D eigenvalue weighted by atomic mass is 35.6. The molecule has 0 saturated heterocycles. The van der Waals surface area contributed by atoms with Gasteiger partial charge in [0.2, 0.25) is 3.79 Å². The van der Waals surface area contributed by atoms with Gasteiger partial charge in [-0.15, -0.1) is 0 Å². The van der Waals surface area contributed by atoms with Crippen LogP contribution in [0.2, 0.25) is 0 Å². The van der Waals surface area contributed by atoms with Crippen LogP contribution in [-0.4, -0.2) is 21.0 Å². The second-order valence-electron chi connectivity index (χ2n) is 6.92. The lowest BCUT2D eigenvalue weighted by Gasteiger charge is -2.27. The Bertz CT molecular complexity index is 811. The van der Waals surface area contributed by atoms with E-state index in [0.29, 0.717) is 5.56 Å². The maximum atomic E-state index is 12.4. The molecule has 0 bridgehead atoms. The molecule has 0 fully saturated rings. The lowest BCUT2D eigenvalue weighted by Crippen LogP contribution is -2.56. The predicted molar refractivity (Wildman–Crippen MR) is 132 cm³/mol. The zero-order valence-corrected chi connectivity index (χ0v) is 19.8. The van der Waals surface area contributed by atoms with E-state index in [1.165, 1.54) is 31.2 Å². The van der Waals surface area contributed by atoms with Gasteiger partial charge < -0.3 is 16.0 Å². The highest BCUT2D eigenvalue weighted by molar-refractivity contribution is 7.80. The van der Waals surface area contributed by atoms with Gasteiger partial charge in [0.25, 0.3) is 5.91 Å². The largest absolute Gasteiger partial charge is 0.339 e. The maximum Gasteiger partial charge on any atom is 0.252 e. The molecule has 0 spiro atoms. The molecule has 0 aliphatic heterocycles. The molecule has 1 amide bonds. The number of rotatable bonds is 9. The third-order valence-electron chi connectivity index (χ3n) is 4.44. The standard InChI is InChI=1S/C22H26Cl3N3OS/c1-2-3-4-6-9-16-12-14-18(15-13-16)26-21(30)28-20(22(23,24)25)27-19(29)17-10-7-5-8-11-17/h5,7-8,10-15,20H,2-4,6,9H2,1H3,(H,27,29)(H2,26,28,30)/t20-/m0/s1. The number of carbonyl (C=O) groups is 1. The van der Waals surface area contributed by atoms with Gasteiger partial charge in [-0.3, -0.25) is 4.79 Å². The van der Waals surface area contributed by atoms with Gasteiger partial charge in [-0.25, -0.2) is 0 Å². The zero-order valence-electron chi connectivity index (χ0n) is 16.8. The number of unbranched alkanes of at least 4 members (excludes halogenated alkanes) is 3. The van der Waals surface area contributed by atoms with Crippen molar-refractivity contribution in [1.82, 2.24) is 10.6 Å². The normalized spacial score (nSPS) is 12.1. The minimum atomic E-state index is -1.81. The van der Waals surface area contributed by atoms with E-state index in [9.17, 15) is 4.79 Å². The van der Waals surface area contributed by atoms with E-state index < -0.39 is 9.96 Å². The van der Waals surface area contributed by atoms with Crippen LogP contribution in [0.25, 0.3) is 0 Å². The fraction of sp³-hybridized carbons (Fsp3) is 0.364. The molecule has 2 rings (SSSR count). The molecule has 0 radical (unpaired) electrons. The van der Waals surface area contributed by atoms with Gasteiger partial charge in [-0.1, -0.05) is 91.3 Å². The number of hydrogen-bond acceptors (Lipinski definition) is 2. The number of amides is 1. The summed E-state index contributed by atoms with van der Waals surface area (Å²) in [7, 11) is 0. The number of nitrogens with one attached hydrogen (secondary N) is 3. The summed E-state index contributed by atoms with van der Waals surface area (Å²) in [4.78, 5) is 12.4. The Hall–Kier alpha value is -1.53. The zero-order chi connectivity index (χ0) is 22.0. The number of anilines is 1. The summed E-state index contributed by atoms with van der Waals surface area (Å²) >= 11 is 23.4. The average molecular weight is 487 g/mol. The van der Waals surface area contributed by atoms with E-state index in [-0.39, 0.29) is 11.0 Å². The quantitative estimate of drug-likeness (QED) is 0.170. The van der Waals surface area contributed by atoms with Crippen molar-refractivity contribution in [3.8, 4) is 0 Å². The molecule has 4 nitrogen and oxygen atoms in total. The monoisotopic (exact) mass is 485 g/mol. The first-order chi connectivity index (χ1) is 14.3. The molecule has 3 N–H and O–H groups in total. The van der Waals surface area contributed by atoms with Gasteiger partial charge in [-0.2, -0.15) is 0 Å².